The van der Waals surface area contributed by atoms with Crippen LogP contribution in [0.2, 0.25) is 0 Å². The van der Waals surface area contributed by atoms with Crippen LogP contribution in [0.5, 0.6) is 5.88 Å². The van der Waals surface area contributed by atoms with Gasteiger partial charge in [-0.25, -0.2) is 9.37 Å². The van der Waals surface area contributed by atoms with Gasteiger partial charge in [0.05, 0.1) is 29.9 Å². The minimum Gasteiger partial charge on any atom is -0.481 e. The van der Waals surface area contributed by atoms with Crippen LogP contribution in [0, 0.1) is 5.82 Å². The molecule has 4 rings (SSSR count). The Labute approximate surface area is 141 Å². The Balaban J connectivity index is 1.84. The van der Waals surface area contributed by atoms with Crippen molar-refractivity contribution in [3.05, 3.63) is 60.2 Å². The molecule has 0 unspecified atom stereocenters. The fourth-order valence-electron chi connectivity index (χ4n) is 2.71. The fourth-order valence-corrected chi connectivity index (χ4v) is 2.71. The van der Waals surface area contributed by atoms with E-state index in [1.807, 2.05) is 0 Å². The number of aromatic amines is 1. The number of hydrogen-bond donors (Lipinski definition) is 2. The number of amides is 1. The first-order chi connectivity index (χ1) is 12.2. The van der Waals surface area contributed by atoms with E-state index in [0.717, 1.165) is 0 Å². The van der Waals surface area contributed by atoms with Crippen molar-refractivity contribution in [3.8, 4) is 5.88 Å². The van der Waals surface area contributed by atoms with Crippen LogP contribution < -0.4 is 10.1 Å². The van der Waals surface area contributed by atoms with Crippen molar-refractivity contribution < 1.29 is 13.9 Å². The number of carbonyl (C=O) groups is 1. The highest BCUT2D eigenvalue weighted by Gasteiger charge is 2.17. The van der Waals surface area contributed by atoms with Gasteiger partial charge in [0.2, 0.25) is 5.88 Å². The van der Waals surface area contributed by atoms with E-state index < -0.39 is 5.82 Å². The first kappa shape index (κ1) is 15.1. The molecule has 0 radical (unpaired) electrons. The molecular weight excluding hydrogens is 323 g/mol. The number of carbonyl (C=O) groups excluding carboxylic acids is 1. The lowest BCUT2D eigenvalue weighted by Crippen LogP contribution is -2.11. The van der Waals surface area contributed by atoms with Crippen molar-refractivity contribution in [1.82, 2.24) is 15.0 Å². The average molecular weight is 336 g/mol. The van der Waals surface area contributed by atoms with E-state index in [0.29, 0.717) is 39.1 Å². The Morgan fingerprint density at radius 1 is 1.28 bits per heavy atom. The summed E-state index contributed by atoms with van der Waals surface area (Å²) in [5.41, 5.74) is 2.66. The third-order valence-electron chi connectivity index (χ3n) is 3.86. The zero-order valence-corrected chi connectivity index (χ0v) is 13.2. The second-order valence-corrected chi connectivity index (χ2v) is 5.44. The van der Waals surface area contributed by atoms with Crippen molar-refractivity contribution in [3.63, 3.8) is 0 Å². The van der Waals surface area contributed by atoms with Gasteiger partial charge in [-0.05, 0) is 24.3 Å². The number of halogens is 1. The first-order valence-corrected chi connectivity index (χ1v) is 7.53. The molecule has 6 nitrogen and oxygen atoms in total. The first-order valence-electron chi connectivity index (χ1n) is 7.53. The van der Waals surface area contributed by atoms with Crippen LogP contribution >= 0.6 is 0 Å². The molecule has 4 aromatic rings. The highest BCUT2D eigenvalue weighted by Crippen LogP contribution is 2.27. The highest BCUT2D eigenvalue weighted by molar-refractivity contribution is 6.18. The van der Waals surface area contributed by atoms with Crippen LogP contribution in [-0.2, 0) is 0 Å². The maximum absolute atomic E-state index is 13.3. The maximum Gasteiger partial charge on any atom is 0.257 e. The third-order valence-corrected chi connectivity index (χ3v) is 3.86. The van der Waals surface area contributed by atoms with Crippen LogP contribution in [-0.4, -0.2) is 28.0 Å². The molecule has 25 heavy (non-hydrogen) atoms. The van der Waals surface area contributed by atoms with E-state index in [1.165, 1.54) is 25.3 Å². The molecule has 2 N–H and O–H groups in total. The van der Waals surface area contributed by atoms with Gasteiger partial charge < -0.3 is 15.0 Å². The Morgan fingerprint density at radius 3 is 2.96 bits per heavy atom. The van der Waals surface area contributed by atoms with E-state index in [2.05, 4.69) is 20.3 Å². The monoisotopic (exact) mass is 336 g/mol. The number of methoxy groups -OCH3 is 1. The lowest BCUT2D eigenvalue weighted by atomic mass is 10.1. The summed E-state index contributed by atoms with van der Waals surface area (Å²) >= 11 is 0. The molecule has 0 fully saturated rings. The molecule has 124 valence electrons. The SMILES string of the molecule is COc1ccc2ncc3[nH]cc(C(=O)Nc4cccc(F)c4)c3c2n1. The summed E-state index contributed by atoms with van der Waals surface area (Å²) in [6, 6.07) is 9.22. The van der Waals surface area contributed by atoms with Gasteiger partial charge in [-0.3, -0.25) is 9.78 Å². The minimum absolute atomic E-state index is 0.367. The fraction of sp³-hybridized carbons (Fsp3) is 0.0556. The number of H-pyrrole nitrogens is 1. The molecule has 0 aliphatic carbocycles. The summed E-state index contributed by atoms with van der Waals surface area (Å²) in [4.78, 5) is 24.4. The molecule has 0 aliphatic heterocycles. The number of benzene rings is 1. The van der Waals surface area contributed by atoms with Gasteiger partial charge in [0.1, 0.15) is 11.3 Å². The predicted molar refractivity (Wildman–Crippen MR) is 92.3 cm³/mol. The molecule has 0 atom stereocenters. The maximum atomic E-state index is 13.3. The molecule has 0 saturated heterocycles. The molecule has 0 spiro atoms. The number of anilines is 1. The van der Waals surface area contributed by atoms with Crippen LogP contribution in [0.4, 0.5) is 10.1 Å². The third kappa shape index (κ3) is 2.65. The van der Waals surface area contributed by atoms with Gasteiger partial charge in [0.25, 0.3) is 5.91 Å². The van der Waals surface area contributed by atoms with Crippen LogP contribution in [0.1, 0.15) is 10.4 Å². The molecular formula is C18H13FN4O2. The molecule has 0 saturated carbocycles. The van der Waals surface area contributed by atoms with Crippen molar-refractivity contribution in [2.75, 3.05) is 12.4 Å². The van der Waals surface area contributed by atoms with Crippen molar-refractivity contribution in [2.24, 2.45) is 0 Å². The zero-order chi connectivity index (χ0) is 17.4. The Kier molecular flexibility index (Phi) is 3.53. The Morgan fingerprint density at radius 2 is 2.16 bits per heavy atom. The van der Waals surface area contributed by atoms with Crippen LogP contribution in [0.3, 0.4) is 0 Å². The number of pyridine rings is 2. The number of aromatic nitrogens is 3. The largest absolute Gasteiger partial charge is 0.481 e. The van der Waals surface area contributed by atoms with Gasteiger partial charge in [-0.15, -0.1) is 0 Å². The summed E-state index contributed by atoms with van der Waals surface area (Å²) in [5.74, 6) is -0.355. The lowest BCUT2D eigenvalue weighted by molar-refractivity contribution is 0.102. The smallest absolute Gasteiger partial charge is 0.257 e. The van der Waals surface area contributed by atoms with E-state index in [4.69, 9.17) is 4.74 Å². The quantitative estimate of drug-likeness (QED) is 0.600. The molecule has 7 heteroatoms. The number of hydrogen-bond acceptors (Lipinski definition) is 4. The van der Waals surface area contributed by atoms with Crippen molar-refractivity contribution >= 4 is 33.5 Å². The summed E-state index contributed by atoms with van der Waals surface area (Å²) in [7, 11) is 1.52. The number of rotatable bonds is 3. The van der Waals surface area contributed by atoms with Crippen LogP contribution in [0.25, 0.3) is 21.9 Å². The van der Waals surface area contributed by atoms with Gasteiger partial charge in [0.15, 0.2) is 0 Å². The number of ether oxygens (including phenoxy) is 1. The summed E-state index contributed by atoms with van der Waals surface area (Å²) in [6.07, 6.45) is 3.23. The normalized spacial score (nSPS) is 11.0. The number of fused-ring (bicyclic) bond motifs is 3. The predicted octanol–water partition coefficient (Wildman–Crippen LogP) is 3.51. The standard InChI is InChI=1S/C18H13FN4O2/c1-25-15-6-5-13-17(23-15)16-12(8-20-14(16)9-21-13)18(24)22-11-4-2-3-10(19)7-11/h2-9,20H,1H3,(H,22,24). The lowest BCUT2D eigenvalue weighted by Gasteiger charge is -2.06. The van der Waals surface area contributed by atoms with Crippen LogP contribution in [0.15, 0.2) is 48.8 Å². The van der Waals surface area contributed by atoms with Gasteiger partial charge in [-0.1, -0.05) is 6.07 Å². The number of nitrogens with one attached hydrogen (secondary N) is 2. The second kappa shape index (κ2) is 5.86. The zero-order valence-electron chi connectivity index (χ0n) is 13.2. The molecule has 3 heterocycles. The Bertz CT molecular complexity index is 1110. The molecule has 1 amide bonds. The topological polar surface area (TPSA) is 79.9 Å². The van der Waals surface area contributed by atoms with Crippen molar-refractivity contribution in [1.29, 1.82) is 0 Å². The molecule has 0 aliphatic rings. The average Bonchev–Trinajstić information content (AvgIpc) is 3.06. The minimum atomic E-state index is -0.419. The highest BCUT2D eigenvalue weighted by atomic mass is 19.1. The summed E-state index contributed by atoms with van der Waals surface area (Å²) < 4.78 is 18.5. The second-order valence-electron chi connectivity index (χ2n) is 5.44. The van der Waals surface area contributed by atoms with E-state index in [9.17, 15) is 9.18 Å². The van der Waals surface area contributed by atoms with E-state index in [-0.39, 0.29) is 5.91 Å². The number of nitrogens with zero attached hydrogens (tertiary/aromatic N) is 2. The Hall–Kier alpha value is -3.48. The van der Waals surface area contributed by atoms with Gasteiger partial charge >= 0.3 is 0 Å². The molecule has 3 aromatic heterocycles. The van der Waals surface area contributed by atoms with Gasteiger partial charge in [0, 0.05) is 23.3 Å². The van der Waals surface area contributed by atoms with E-state index >= 15 is 0 Å². The summed E-state index contributed by atoms with van der Waals surface area (Å²) in [5, 5.41) is 3.33. The van der Waals surface area contributed by atoms with Crippen molar-refractivity contribution in [2.45, 2.75) is 0 Å². The van der Waals surface area contributed by atoms with E-state index in [1.54, 1.807) is 30.6 Å². The summed E-state index contributed by atoms with van der Waals surface area (Å²) in [6.45, 7) is 0. The molecule has 1 aromatic carbocycles. The molecule has 0 bridgehead atoms. The van der Waals surface area contributed by atoms with Gasteiger partial charge in [-0.2, -0.15) is 0 Å².